The molecule has 0 fully saturated rings. The van der Waals surface area contributed by atoms with E-state index in [1.165, 1.54) is 0 Å². The Bertz CT molecular complexity index is 494. The number of hydrogen-bond donors (Lipinski definition) is 1. The second kappa shape index (κ2) is 7.58. The van der Waals surface area contributed by atoms with E-state index in [2.05, 4.69) is 5.32 Å². The van der Waals surface area contributed by atoms with Gasteiger partial charge in [-0.25, -0.2) is 0 Å². The number of carbonyl (C=O) groups is 1. The summed E-state index contributed by atoms with van der Waals surface area (Å²) in [4.78, 5) is 12.0. The van der Waals surface area contributed by atoms with Gasteiger partial charge in [0.2, 0.25) is 5.91 Å². The van der Waals surface area contributed by atoms with Crippen LogP contribution in [0, 0.1) is 0 Å². The third-order valence-corrected chi connectivity index (χ3v) is 3.12. The van der Waals surface area contributed by atoms with Gasteiger partial charge in [-0.1, -0.05) is 13.0 Å². The largest absolute Gasteiger partial charge is 0.497 e. The van der Waals surface area contributed by atoms with E-state index >= 15 is 0 Å². The maximum absolute atomic E-state index is 12.0. The predicted molar refractivity (Wildman–Crippen MR) is 80.2 cm³/mol. The summed E-state index contributed by atoms with van der Waals surface area (Å²) in [7, 11) is 3.23. The normalized spacial score (nSPS) is 12.8. The van der Waals surface area contributed by atoms with Crippen molar-refractivity contribution in [3.05, 3.63) is 35.4 Å². The van der Waals surface area contributed by atoms with E-state index in [0.717, 1.165) is 29.1 Å². The molecule has 20 heavy (non-hydrogen) atoms. The Morgan fingerprint density at radius 2 is 2.05 bits per heavy atom. The minimum absolute atomic E-state index is 0.0655. The average molecular weight is 277 g/mol. The van der Waals surface area contributed by atoms with Crippen LogP contribution in [0.15, 0.2) is 29.8 Å². The minimum Gasteiger partial charge on any atom is -0.497 e. The SMILES string of the molecule is CCC=C(C)C(=O)NC(C)c1cc(OC)ccc1OC. The van der Waals surface area contributed by atoms with Crippen molar-refractivity contribution in [3.63, 3.8) is 0 Å². The van der Waals surface area contributed by atoms with Gasteiger partial charge in [0.1, 0.15) is 11.5 Å². The van der Waals surface area contributed by atoms with Crippen LogP contribution >= 0.6 is 0 Å². The minimum atomic E-state index is -0.159. The average Bonchev–Trinajstić information content (AvgIpc) is 2.46. The molecule has 1 unspecified atom stereocenters. The number of nitrogens with one attached hydrogen (secondary N) is 1. The molecule has 0 spiro atoms. The van der Waals surface area contributed by atoms with E-state index in [1.807, 2.05) is 45.0 Å². The first-order valence-corrected chi connectivity index (χ1v) is 6.73. The van der Waals surface area contributed by atoms with Gasteiger partial charge in [-0.2, -0.15) is 0 Å². The van der Waals surface area contributed by atoms with Crippen LogP contribution in [-0.4, -0.2) is 20.1 Å². The van der Waals surface area contributed by atoms with E-state index in [4.69, 9.17) is 9.47 Å². The highest BCUT2D eigenvalue weighted by Crippen LogP contribution is 2.29. The Balaban J connectivity index is 2.93. The summed E-state index contributed by atoms with van der Waals surface area (Å²) < 4.78 is 10.5. The summed E-state index contributed by atoms with van der Waals surface area (Å²) >= 11 is 0. The van der Waals surface area contributed by atoms with Crippen molar-refractivity contribution in [3.8, 4) is 11.5 Å². The number of hydrogen-bond acceptors (Lipinski definition) is 3. The number of carbonyl (C=O) groups excluding carboxylic acids is 1. The first kappa shape index (κ1) is 16.1. The lowest BCUT2D eigenvalue weighted by atomic mass is 10.1. The van der Waals surface area contributed by atoms with E-state index in [-0.39, 0.29) is 11.9 Å². The summed E-state index contributed by atoms with van der Waals surface area (Å²) in [6, 6.07) is 5.39. The number of rotatable bonds is 6. The molecule has 1 atom stereocenters. The van der Waals surface area contributed by atoms with Crippen molar-refractivity contribution in [1.29, 1.82) is 0 Å². The number of allylic oxidation sites excluding steroid dienone is 1. The molecular formula is C16H23NO3. The van der Waals surface area contributed by atoms with Gasteiger partial charge in [0.05, 0.1) is 20.3 Å². The van der Waals surface area contributed by atoms with E-state index in [0.29, 0.717) is 0 Å². The Hall–Kier alpha value is -1.97. The van der Waals surface area contributed by atoms with Gasteiger partial charge < -0.3 is 14.8 Å². The molecule has 1 aromatic rings. The molecule has 0 radical (unpaired) electrons. The third-order valence-electron chi connectivity index (χ3n) is 3.12. The van der Waals surface area contributed by atoms with Gasteiger partial charge in [-0.05, 0) is 38.5 Å². The molecule has 0 bridgehead atoms. The summed E-state index contributed by atoms with van der Waals surface area (Å²) in [6.07, 6.45) is 2.75. The molecule has 0 aliphatic heterocycles. The van der Waals surface area contributed by atoms with Crippen molar-refractivity contribution in [2.45, 2.75) is 33.2 Å². The van der Waals surface area contributed by atoms with Crippen LogP contribution in [0.2, 0.25) is 0 Å². The van der Waals surface area contributed by atoms with Crippen LogP contribution in [0.25, 0.3) is 0 Å². The molecule has 0 heterocycles. The standard InChI is InChI=1S/C16H23NO3/c1-6-7-11(2)16(18)17-12(3)14-10-13(19-4)8-9-15(14)20-5/h7-10,12H,6H2,1-5H3,(H,17,18). The molecule has 1 rings (SSSR count). The monoisotopic (exact) mass is 277 g/mol. The molecule has 4 nitrogen and oxygen atoms in total. The smallest absolute Gasteiger partial charge is 0.247 e. The predicted octanol–water partition coefficient (Wildman–Crippen LogP) is 3.24. The maximum Gasteiger partial charge on any atom is 0.247 e. The highest BCUT2D eigenvalue weighted by Gasteiger charge is 2.15. The lowest BCUT2D eigenvalue weighted by Gasteiger charge is -2.18. The Morgan fingerprint density at radius 3 is 2.60 bits per heavy atom. The van der Waals surface area contributed by atoms with Crippen LogP contribution in [0.3, 0.4) is 0 Å². The fourth-order valence-corrected chi connectivity index (χ4v) is 1.96. The first-order chi connectivity index (χ1) is 9.53. The van der Waals surface area contributed by atoms with Gasteiger partial charge in [-0.3, -0.25) is 4.79 Å². The van der Waals surface area contributed by atoms with Crippen molar-refractivity contribution >= 4 is 5.91 Å². The lowest BCUT2D eigenvalue weighted by Crippen LogP contribution is -2.27. The van der Waals surface area contributed by atoms with Crippen LogP contribution < -0.4 is 14.8 Å². The molecule has 0 saturated heterocycles. The zero-order valence-electron chi connectivity index (χ0n) is 12.8. The van der Waals surface area contributed by atoms with Crippen molar-refractivity contribution in [2.75, 3.05) is 14.2 Å². The van der Waals surface area contributed by atoms with Gasteiger partial charge in [0.15, 0.2) is 0 Å². The maximum atomic E-state index is 12.0. The highest BCUT2D eigenvalue weighted by atomic mass is 16.5. The number of methoxy groups -OCH3 is 2. The quantitative estimate of drug-likeness (QED) is 0.812. The fourth-order valence-electron chi connectivity index (χ4n) is 1.96. The molecule has 1 amide bonds. The summed E-state index contributed by atoms with van der Waals surface area (Å²) in [5, 5.41) is 2.96. The van der Waals surface area contributed by atoms with Gasteiger partial charge in [0, 0.05) is 11.1 Å². The van der Waals surface area contributed by atoms with Crippen molar-refractivity contribution < 1.29 is 14.3 Å². The lowest BCUT2D eigenvalue weighted by molar-refractivity contribution is -0.118. The van der Waals surface area contributed by atoms with E-state index in [9.17, 15) is 4.79 Å². The molecule has 1 aromatic carbocycles. The van der Waals surface area contributed by atoms with Gasteiger partial charge in [-0.15, -0.1) is 0 Å². The topological polar surface area (TPSA) is 47.6 Å². The summed E-state index contributed by atoms with van der Waals surface area (Å²) in [5.74, 6) is 1.41. The Labute approximate surface area is 120 Å². The summed E-state index contributed by atoms with van der Waals surface area (Å²) in [6.45, 7) is 5.74. The van der Waals surface area contributed by atoms with Gasteiger partial charge in [0.25, 0.3) is 0 Å². The van der Waals surface area contributed by atoms with Crippen molar-refractivity contribution in [2.24, 2.45) is 0 Å². The van der Waals surface area contributed by atoms with Crippen LogP contribution in [0.5, 0.6) is 11.5 Å². The summed E-state index contributed by atoms with van der Waals surface area (Å²) in [5.41, 5.74) is 1.62. The zero-order chi connectivity index (χ0) is 15.1. The number of ether oxygens (including phenoxy) is 2. The van der Waals surface area contributed by atoms with Crippen LogP contribution in [-0.2, 0) is 4.79 Å². The number of amides is 1. The van der Waals surface area contributed by atoms with Gasteiger partial charge >= 0.3 is 0 Å². The van der Waals surface area contributed by atoms with Crippen molar-refractivity contribution in [1.82, 2.24) is 5.32 Å². The van der Waals surface area contributed by atoms with Crippen LogP contribution in [0.1, 0.15) is 38.8 Å². The molecule has 0 aliphatic carbocycles. The molecular weight excluding hydrogens is 254 g/mol. The first-order valence-electron chi connectivity index (χ1n) is 6.73. The second-order valence-electron chi connectivity index (χ2n) is 4.60. The molecule has 0 aromatic heterocycles. The van der Waals surface area contributed by atoms with E-state index in [1.54, 1.807) is 14.2 Å². The number of benzene rings is 1. The molecule has 4 heteroatoms. The zero-order valence-corrected chi connectivity index (χ0v) is 12.8. The second-order valence-corrected chi connectivity index (χ2v) is 4.60. The van der Waals surface area contributed by atoms with Crippen LogP contribution in [0.4, 0.5) is 0 Å². The fraction of sp³-hybridized carbons (Fsp3) is 0.438. The molecule has 0 saturated carbocycles. The van der Waals surface area contributed by atoms with E-state index < -0.39 is 0 Å². The highest BCUT2D eigenvalue weighted by molar-refractivity contribution is 5.93. The Morgan fingerprint density at radius 1 is 1.35 bits per heavy atom. The Kier molecular flexibility index (Phi) is 6.10. The molecule has 1 N–H and O–H groups in total. The molecule has 0 aliphatic rings. The third kappa shape index (κ3) is 4.02. The molecule has 110 valence electrons.